The summed E-state index contributed by atoms with van der Waals surface area (Å²) in [5, 5.41) is 29.8. The maximum absolute atomic E-state index is 12.0. The van der Waals surface area contributed by atoms with Crippen molar-refractivity contribution in [3.05, 3.63) is 51.0 Å². The van der Waals surface area contributed by atoms with Gasteiger partial charge in [-0.1, -0.05) is 43.1 Å². The highest BCUT2D eigenvalue weighted by Gasteiger charge is 2.63. The zero-order valence-electron chi connectivity index (χ0n) is 16.2. The van der Waals surface area contributed by atoms with Gasteiger partial charge in [0.05, 0.1) is 15.7 Å². The molecular weight excluding hydrogens is 435 g/mol. The molecule has 0 bridgehead atoms. The lowest BCUT2D eigenvalue weighted by atomic mass is 9.73. The molecule has 1 atom stereocenters. The largest absolute Gasteiger partial charge is 0.480 e. The Morgan fingerprint density at radius 3 is 2.23 bits per heavy atom. The van der Waals surface area contributed by atoms with Crippen LogP contribution in [-0.4, -0.2) is 42.8 Å². The zero-order valence-corrected chi connectivity index (χ0v) is 17.7. The van der Waals surface area contributed by atoms with Gasteiger partial charge in [0.2, 0.25) is 0 Å². The van der Waals surface area contributed by atoms with Gasteiger partial charge in [-0.2, -0.15) is 0 Å². The smallest absolute Gasteiger partial charge is 0.333 e. The minimum Gasteiger partial charge on any atom is -0.480 e. The molecule has 0 saturated heterocycles. The van der Waals surface area contributed by atoms with Gasteiger partial charge < -0.3 is 19.9 Å². The molecule has 160 valence electrons. The van der Waals surface area contributed by atoms with Crippen molar-refractivity contribution < 1.29 is 29.7 Å². The average molecular weight is 455 g/mol. The third-order valence-electron chi connectivity index (χ3n) is 5.49. The molecule has 1 aliphatic rings. The Balaban J connectivity index is 2.21. The van der Waals surface area contributed by atoms with E-state index in [1.54, 1.807) is 22.8 Å². The number of halogens is 2. The molecule has 8 nitrogen and oxygen atoms in total. The third-order valence-corrected chi connectivity index (χ3v) is 6.23. The molecule has 3 rings (SSSR count). The van der Waals surface area contributed by atoms with Crippen LogP contribution in [0.2, 0.25) is 10.0 Å². The van der Waals surface area contributed by atoms with Gasteiger partial charge in [-0.15, -0.1) is 0 Å². The quantitative estimate of drug-likeness (QED) is 0.544. The topological polar surface area (TPSA) is 130 Å². The first-order valence-corrected chi connectivity index (χ1v) is 10.0. The highest BCUT2D eigenvalue weighted by molar-refractivity contribution is 6.42. The van der Waals surface area contributed by atoms with Crippen molar-refractivity contribution in [2.75, 3.05) is 0 Å². The summed E-state index contributed by atoms with van der Waals surface area (Å²) in [4.78, 5) is 40.5. The Kier molecular flexibility index (Phi) is 5.84. The molecule has 0 amide bonds. The number of aryl methyl sites for hydroxylation is 1. The van der Waals surface area contributed by atoms with Crippen LogP contribution in [-0.2, 0) is 27.3 Å². The van der Waals surface area contributed by atoms with E-state index in [2.05, 4.69) is 4.98 Å². The molecule has 0 saturated carbocycles. The fraction of sp³-hybridized carbons (Fsp3) is 0.400. The first-order chi connectivity index (χ1) is 14.0. The highest BCUT2D eigenvalue weighted by Crippen LogP contribution is 2.47. The van der Waals surface area contributed by atoms with Gasteiger partial charge in [0.25, 0.3) is 5.41 Å². The Morgan fingerprint density at radius 2 is 1.73 bits per heavy atom. The summed E-state index contributed by atoms with van der Waals surface area (Å²) in [6, 6.07) is 5.02. The van der Waals surface area contributed by atoms with Crippen molar-refractivity contribution >= 4 is 41.1 Å². The van der Waals surface area contributed by atoms with Crippen molar-refractivity contribution in [2.24, 2.45) is 5.41 Å². The van der Waals surface area contributed by atoms with E-state index < -0.39 is 29.2 Å². The molecule has 0 fully saturated rings. The molecule has 30 heavy (non-hydrogen) atoms. The number of imidazole rings is 1. The molecule has 3 N–H and O–H groups in total. The second kappa shape index (κ2) is 7.92. The minimum absolute atomic E-state index is 0.0579. The van der Waals surface area contributed by atoms with E-state index in [0.29, 0.717) is 33.7 Å². The number of benzene rings is 1. The highest BCUT2D eigenvalue weighted by atomic mass is 35.5. The molecular formula is C20H20Cl2N2O6. The number of fused-ring (bicyclic) bond motifs is 1. The molecule has 0 aliphatic heterocycles. The summed E-state index contributed by atoms with van der Waals surface area (Å²) in [6.07, 6.45) is 0.353. The molecule has 2 aromatic rings. The van der Waals surface area contributed by atoms with Gasteiger partial charge in [-0.3, -0.25) is 14.4 Å². The van der Waals surface area contributed by atoms with Gasteiger partial charge in [-0.25, -0.2) is 4.98 Å². The van der Waals surface area contributed by atoms with Gasteiger partial charge in [0.1, 0.15) is 5.82 Å². The Labute approximate surface area is 182 Å². The van der Waals surface area contributed by atoms with E-state index >= 15 is 0 Å². The summed E-state index contributed by atoms with van der Waals surface area (Å²) in [7, 11) is 0. The first kappa shape index (κ1) is 22.1. The van der Waals surface area contributed by atoms with Gasteiger partial charge >= 0.3 is 17.9 Å². The molecule has 10 heteroatoms. The van der Waals surface area contributed by atoms with Crippen molar-refractivity contribution in [1.29, 1.82) is 0 Å². The van der Waals surface area contributed by atoms with Crippen LogP contribution in [0.5, 0.6) is 0 Å². The Hall–Kier alpha value is -2.58. The standard InChI is InChI=1S/C20H20Cl2N2O6/c1-9(2)16-23-14-6-4-11(20(17(25)26,18(27)28)19(29)30)15(14)24(16)8-10-3-5-12(21)13(22)7-10/h3,5,7,9,11H,4,6,8H2,1-2H3,(H,25,26)(H,27,28)(H,29,30). The molecule has 1 heterocycles. The van der Waals surface area contributed by atoms with Crippen molar-refractivity contribution in [2.45, 2.75) is 45.1 Å². The second-order valence-electron chi connectivity index (χ2n) is 7.61. The maximum atomic E-state index is 12.0. The van der Waals surface area contributed by atoms with Crippen LogP contribution in [0.3, 0.4) is 0 Å². The minimum atomic E-state index is -3.01. The number of aliphatic carboxylic acids is 3. The lowest BCUT2D eigenvalue weighted by Crippen LogP contribution is -2.51. The Morgan fingerprint density at radius 1 is 1.13 bits per heavy atom. The van der Waals surface area contributed by atoms with E-state index in [1.165, 1.54) is 0 Å². The number of carbonyl (C=O) groups is 3. The second-order valence-corrected chi connectivity index (χ2v) is 8.42. The van der Waals surface area contributed by atoms with Gasteiger partial charge in [-0.05, 0) is 30.5 Å². The maximum Gasteiger partial charge on any atom is 0.333 e. The third kappa shape index (κ3) is 3.33. The van der Waals surface area contributed by atoms with Gasteiger partial charge in [0, 0.05) is 24.1 Å². The fourth-order valence-corrected chi connectivity index (χ4v) is 4.42. The van der Waals surface area contributed by atoms with Crippen molar-refractivity contribution in [3.63, 3.8) is 0 Å². The number of aromatic nitrogens is 2. The van der Waals surface area contributed by atoms with Crippen LogP contribution in [0.1, 0.15) is 54.9 Å². The zero-order chi connectivity index (χ0) is 22.4. The predicted octanol–water partition coefficient (Wildman–Crippen LogP) is 3.63. The molecule has 1 unspecified atom stereocenters. The average Bonchev–Trinajstić information content (AvgIpc) is 3.19. The predicted molar refractivity (Wildman–Crippen MR) is 108 cm³/mol. The number of rotatable bonds is 7. The van der Waals surface area contributed by atoms with Crippen LogP contribution in [0.25, 0.3) is 0 Å². The van der Waals surface area contributed by atoms with Gasteiger partial charge in [0.15, 0.2) is 0 Å². The van der Waals surface area contributed by atoms with Crippen molar-refractivity contribution in [3.8, 4) is 0 Å². The van der Waals surface area contributed by atoms with E-state index in [1.807, 2.05) is 13.8 Å². The van der Waals surface area contributed by atoms with E-state index in [4.69, 9.17) is 23.2 Å². The molecule has 0 radical (unpaired) electrons. The summed E-state index contributed by atoms with van der Waals surface area (Å²) >= 11 is 12.1. The lowest BCUT2D eigenvalue weighted by Gasteiger charge is -2.28. The SMILES string of the molecule is CC(C)c1nc2c(n1Cc1ccc(Cl)c(Cl)c1)C(C(C(=O)O)(C(=O)O)C(=O)O)CC2. The van der Waals surface area contributed by atoms with Crippen LogP contribution < -0.4 is 0 Å². The lowest BCUT2D eigenvalue weighted by molar-refractivity contribution is -0.177. The summed E-state index contributed by atoms with van der Waals surface area (Å²) in [5.41, 5.74) is -1.41. The Bertz CT molecular complexity index is 1010. The summed E-state index contributed by atoms with van der Waals surface area (Å²) in [6.45, 7) is 4.02. The van der Waals surface area contributed by atoms with Crippen molar-refractivity contribution in [1.82, 2.24) is 9.55 Å². The molecule has 1 aromatic carbocycles. The first-order valence-electron chi connectivity index (χ1n) is 9.25. The van der Waals surface area contributed by atoms with E-state index in [-0.39, 0.29) is 18.9 Å². The number of carboxylic acids is 3. The summed E-state index contributed by atoms with van der Waals surface area (Å²) < 4.78 is 1.72. The fourth-order valence-electron chi connectivity index (χ4n) is 4.10. The monoisotopic (exact) mass is 454 g/mol. The van der Waals surface area contributed by atoms with E-state index in [0.717, 1.165) is 5.56 Å². The van der Waals surface area contributed by atoms with Crippen LogP contribution in [0, 0.1) is 5.41 Å². The number of hydrogen-bond donors (Lipinski definition) is 3. The van der Waals surface area contributed by atoms with Crippen LogP contribution >= 0.6 is 23.2 Å². The normalized spacial score (nSPS) is 16.0. The van der Waals surface area contributed by atoms with E-state index in [9.17, 15) is 29.7 Å². The van der Waals surface area contributed by atoms with Crippen LogP contribution in [0.15, 0.2) is 18.2 Å². The number of hydrogen-bond acceptors (Lipinski definition) is 4. The molecule has 1 aliphatic carbocycles. The van der Waals surface area contributed by atoms with Crippen LogP contribution in [0.4, 0.5) is 0 Å². The number of nitrogens with zero attached hydrogens (tertiary/aromatic N) is 2. The number of carboxylic acid groups (broad SMARTS) is 3. The molecule has 1 aromatic heterocycles. The molecule has 0 spiro atoms. The summed E-state index contributed by atoms with van der Waals surface area (Å²) in [5.74, 6) is -6.45.